The van der Waals surface area contributed by atoms with Crippen LogP contribution in [0.5, 0.6) is 0 Å². The highest BCUT2D eigenvalue weighted by Crippen LogP contribution is 2.22. The fourth-order valence-electron chi connectivity index (χ4n) is 2.58. The van der Waals surface area contributed by atoms with Gasteiger partial charge < -0.3 is 14.9 Å². The molecule has 0 aliphatic heterocycles. The summed E-state index contributed by atoms with van der Waals surface area (Å²) >= 11 is 0. The van der Waals surface area contributed by atoms with Crippen molar-refractivity contribution in [2.45, 2.75) is 44.2 Å². The standard InChI is InChI=1S/C17H34O3Si/c1-3-16(15-19)14-17(8-4-5-10-18)9-13-21-12-7-6-11-20-2/h3-5,16-19H,1,6-15,21H2,2H3. The van der Waals surface area contributed by atoms with Crippen molar-refractivity contribution in [3.05, 3.63) is 24.8 Å². The Balaban J connectivity index is 3.91. The minimum Gasteiger partial charge on any atom is -0.396 e. The number of methoxy groups -OCH3 is 1. The predicted octanol–water partition coefficient (Wildman–Crippen LogP) is 2.55. The van der Waals surface area contributed by atoms with E-state index in [1.165, 1.54) is 31.4 Å². The molecule has 0 heterocycles. The summed E-state index contributed by atoms with van der Waals surface area (Å²) in [7, 11) is 1.81. The van der Waals surface area contributed by atoms with Crippen LogP contribution in [-0.2, 0) is 4.74 Å². The summed E-state index contributed by atoms with van der Waals surface area (Å²) < 4.78 is 5.06. The van der Waals surface area contributed by atoms with E-state index >= 15 is 0 Å². The first-order chi connectivity index (χ1) is 10.3. The van der Waals surface area contributed by atoms with Crippen molar-refractivity contribution >= 4 is 9.52 Å². The third-order valence-electron chi connectivity index (χ3n) is 3.91. The highest BCUT2D eigenvalue weighted by molar-refractivity contribution is 6.35. The summed E-state index contributed by atoms with van der Waals surface area (Å²) in [5.74, 6) is 0.815. The summed E-state index contributed by atoms with van der Waals surface area (Å²) in [6, 6.07) is 2.79. The molecular formula is C17H34O3Si. The molecule has 124 valence electrons. The number of aliphatic hydroxyl groups excluding tert-OH is 2. The lowest BCUT2D eigenvalue weighted by molar-refractivity contribution is 0.194. The monoisotopic (exact) mass is 314 g/mol. The Morgan fingerprint density at radius 1 is 1.19 bits per heavy atom. The average molecular weight is 315 g/mol. The Hall–Kier alpha value is -0.423. The molecule has 21 heavy (non-hydrogen) atoms. The Morgan fingerprint density at radius 2 is 2.00 bits per heavy atom. The maximum Gasteiger partial charge on any atom is 0.0612 e. The van der Waals surface area contributed by atoms with E-state index < -0.39 is 0 Å². The molecule has 0 saturated heterocycles. The van der Waals surface area contributed by atoms with Crippen molar-refractivity contribution in [1.82, 2.24) is 0 Å². The number of ether oxygens (including phenoxy) is 1. The van der Waals surface area contributed by atoms with Gasteiger partial charge in [-0.15, -0.1) is 6.58 Å². The molecule has 0 aromatic rings. The Kier molecular flexibility index (Phi) is 15.6. The van der Waals surface area contributed by atoms with Crippen molar-refractivity contribution in [1.29, 1.82) is 0 Å². The van der Waals surface area contributed by atoms with Gasteiger partial charge in [-0.1, -0.05) is 43.2 Å². The molecule has 0 spiro atoms. The van der Waals surface area contributed by atoms with Gasteiger partial charge in [-0.2, -0.15) is 0 Å². The predicted molar refractivity (Wildman–Crippen MR) is 93.6 cm³/mol. The molecule has 3 nitrogen and oxygen atoms in total. The minimum absolute atomic E-state index is 0.0482. The molecule has 0 saturated carbocycles. The first-order valence-corrected chi connectivity index (χ1v) is 10.3. The number of allylic oxidation sites excluding steroid dienone is 1. The van der Waals surface area contributed by atoms with E-state index in [0.29, 0.717) is 5.92 Å². The SMILES string of the molecule is C=CC(CO)CC(CC=CCO)CC[SiH2]CCCCOC. The average Bonchev–Trinajstić information content (AvgIpc) is 2.51. The number of hydrogen-bond donors (Lipinski definition) is 2. The van der Waals surface area contributed by atoms with E-state index in [1.807, 2.05) is 12.2 Å². The second-order valence-electron chi connectivity index (χ2n) is 5.72. The molecule has 0 aromatic heterocycles. The van der Waals surface area contributed by atoms with Gasteiger partial charge in [-0.05, 0) is 31.1 Å². The van der Waals surface area contributed by atoms with Crippen molar-refractivity contribution in [3.8, 4) is 0 Å². The molecule has 0 rings (SSSR count). The van der Waals surface area contributed by atoms with Gasteiger partial charge in [0.15, 0.2) is 0 Å². The van der Waals surface area contributed by atoms with Crippen LogP contribution >= 0.6 is 0 Å². The lowest BCUT2D eigenvalue weighted by Gasteiger charge is -2.19. The number of unbranched alkanes of at least 4 members (excludes halogenated alkanes) is 1. The molecule has 0 fully saturated rings. The van der Waals surface area contributed by atoms with E-state index in [1.54, 1.807) is 7.11 Å². The second-order valence-corrected chi connectivity index (χ2v) is 7.84. The lowest BCUT2D eigenvalue weighted by atomic mass is 9.90. The molecular weight excluding hydrogens is 280 g/mol. The van der Waals surface area contributed by atoms with Crippen molar-refractivity contribution in [3.63, 3.8) is 0 Å². The molecule has 0 aromatic carbocycles. The van der Waals surface area contributed by atoms with Crippen molar-refractivity contribution in [2.24, 2.45) is 11.8 Å². The van der Waals surface area contributed by atoms with Crippen LogP contribution < -0.4 is 0 Å². The Bertz CT molecular complexity index is 256. The van der Waals surface area contributed by atoms with E-state index in [-0.39, 0.29) is 28.7 Å². The molecule has 2 N–H and O–H groups in total. The summed E-state index contributed by atoms with van der Waals surface area (Å²) in [5.41, 5.74) is 0. The summed E-state index contributed by atoms with van der Waals surface area (Å²) in [4.78, 5) is 0. The van der Waals surface area contributed by atoms with Gasteiger partial charge in [0.05, 0.1) is 6.61 Å². The van der Waals surface area contributed by atoms with Crippen LogP contribution in [0.3, 0.4) is 0 Å². The normalized spacial score (nSPS) is 15.0. The largest absolute Gasteiger partial charge is 0.396 e. The molecule has 4 heteroatoms. The van der Waals surface area contributed by atoms with Crippen LogP contribution in [0.25, 0.3) is 0 Å². The molecule has 2 unspecified atom stereocenters. The van der Waals surface area contributed by atoms with Crippen LogP contribution in [0.4, 0.5) is 0 Å². The number of aliphatic hydroxyl groups is 2. The van der Waals surface area contributed by atoms with Gasteiger partial charge in [0.25, 0.3) is 0 Å². The van der Waals surface area contributed by atoms with Crippen molar-refractivity contribution in [2.75, 3.05) is 26.9 Å². The van der Waals surface area contributed by atoms with Crippen LogP contribution in [0, 0.1) is 11.8 Å². The third kappa shape index (κ3) is 13.0. The van der Waals surface area contributed by atoms with Crippen LogP contribution in [-0.4, -0.2) is 46.7 Å². The number of rotatable bonds is 15. The van der Waals surface area contributed by atoms with Gasteiger partial charge in [-0.25, -0.2) is 0 Å². The molecule has 0 radical (unpaired) electrons. The van der Waals surface area contributed by atoms with E-state index in [0.717, 1.165) is 19.4 Å². The summed E-state index contributed by atoms with van der Waals surface area (Å²) in [6.07, 6.45) is 11.5. The van der Waals surface area contributed by atoms with E-state index in [2.05, 4.69) is 12.7 Å². The van der Waals surface area contributed by atoms with Gasteiger partial charge in [0, 0.05) is 29.8 Å². The fraction of sp³-hybridized carbons (Fsp3) is 0.765. The minimum atomic E-state index is 0.0482. The second kappa shape index (κ2) is 16.0. The van der Waals surface area contributed by atoms with Gasteiger partial charge in [-0.3, -0.25) is 0 Å². The van der Waals surface area contributed by atoms with Gasteiger partial charge in [0.2, 0.25) is 0 Å². The lowest BCUT2D eigenvalue weighted by Crippen LogP contribution is -2.11. The highest BCUT2D eigenvalue weighted by atomic mass is 28.2. The van der Waals surface area contributed by atoms with E-state index in [9.17, 15) is 5.11 Å². The van der Waals surface area contributed by atoms with E-state index in [4.69, 9.17) is 9.84 Å². The molecule has 0 bridgehead atoms. The Morgan fingerprint density at radius 3 is 2.62 bits per heavy atom. The molecule has 0 aliphatic carbocycles. The smallest absolute Gasteiger partial charge is 0.0612 e. The first-order valence-electron chi connectivity index (χ1n) is 8.26. The van der Waals surface area contributed by atoms with Gasteiger partial charge in [0.1, 0.15) is 0 Å². The Labute approximate surface area is 132 Å². The zero-order chi connectivity index (χ0) is 15.8. The molecule has 2 atom stereocenters. The summed E-state index contributed by atoms with van der Waals surface area (Å²) in [5, 5.41) is 18.1. The topological polar surface area (TPSA) is 49.7 Å². The van der Waals surface area contributed by atoms with Crippen LogP contribution in [0.15, 0.2) is 24.8 Å². The third-order valence-corrected chi connectivity index (χ3v) is 5.81. The maximum atomic E-state index is 9.31. The highest BCUT2D eigenvalue weighted by Gasteiger charge is 2.12. The maximum absolute atomic E-state index is 9.31. The van der Waals surface area contributed by atoms with Crippen LogP contribution in [0.2, 0.25) is 12.1 Å². The van der Waals surface area contributed by atoms with Crippen LogP contribution in [0.1, 0.15) is 32.1 Å². The molecule has 0 aliphatic rings. The summed E-state index contributed by atoms with van der Waals surface area (Å²) in [6.45, 7) is 5.00. The molecule has 0 amide bonds. The fourth-order valence-corrected chi connectivity index (χ4v) is 4.51. The quantitative estimate of drug-likeness (QED) is 0.277. The van der Waals surface area contributed by atoms with Gasteiger partial charge >= 0.3 is 0 Å². The zero-order valence-corrected chi connectivity index (χ0v) is 15.1. The first kappa shape index (κ1) is 20.6. The van der Waals surface area contributed by atoms with Crippen molar-refractivity contribution < 1.29 is 14.9 Å². The zero-order valence-electron chi connectivity index (χ0n) is 13.7. The number of hydrogen-bond acceptors (Lipinski definition) is 3.